The lowest BCUT2D eigenvalue weighted by Crippen LogP contribution is -2.13. The van der Waals surface area contributed by atoms with E-state index in [1.54, 1.807) is 12.1 Å². The minimum absolute atomic E-state index is 0.0329. The van der Waals surface area contributed by atoms with Gasteiger partial charge in [-0.15, -0.1) is 0 Å². The number of halogens is 1. The van der Waals surface area contributed by atoms with Crippen LogP contribution < -0.4 is 5.73 Å². The lowest BCUT2D eigenvalue weighted by Gasteiger charge is -2.16. The highest BCUT2D eigenvalue weighted by molar-refractivity contribution is 5.19. The summed E-state index contributed by atoms with van der Waals surface area (Å²) in [6.45, 7) is 4.34. The van der Waals surface area contributed by atoms with E-state index < -0.39 is 0 Å². The molecule has 2 heteroatoms. The maximum absolute atomic E-state index is 12.6. The highest BCUT2D eigenvalue weighted by Gasteiger charge is 2.09. The average molecular weight is 195 g/mol. The van der Waals surface area contributed by atoms with Crippen molar-refractivity contribution in [3.63, 3.8) is 0 Å². The van der Waals surface area contributed by atoms with Crippen molar-refractivity contribution in [2.24, 2.45) is 11.7 Å². The van der Waals surface area contributed by atoms with E-state index >= 15 is 0 Å². The fraction of sp³-hybridized carbons (Fsp3) is 0.500. The fourth-order valence-corrected chi connectivity index (χ4v) is 1.45. The van der Waals surface area contributed by atoms with E-state index in [0.29, 0.717) is 5.92 Å². The standard InChI is InChI=1S/C12H18FN/c1-3-9(2)8-12(14)10-4-6-11(13)7-5-10/h4-7,9,12H,3,8,14H2,1-2H3. The normalized spacial score (nSPS) is 15.1. The minimum Gasteiger partial charge on any atom is -0.324 e. The molecule has 0 saturated carbocycles. The molecule has 0 bridgehead atoms. The average Bonchev–Trinajstić information content (AvgIpc) is 2.18. The van der Waals surface area contributed by atoms with Crippen molar-refractivity contribution in [3.05, 3.63) is 35.6 Å². The van der Waals surface area contributed by atoms with Crippen LogP contribution in [0.15, 0.2) is 24.3 Å². The zero-order chi connectivity index (χ0) is 10.6. The van der Waals surface area contributed by atoms with Crippen molar-refractivity contribution in [3.8, 4) is 0 Å². The second kappa shape index (κ2) is 5.11. The van der Waals surface area contributed by atoms with E-state index in [1.165, 1.54) is 12.1 Å². The topological polar surface area (TPSA) is 26.0 Å². The Labute approximate surface area is 85.1 Å². The van der Waals surface area contributed by atoms with Gasteiger partial charge in [0.05, 0.1) is 0 Å². The third-order valence-electron chi connectivity index (χ3n) is 2.65. The van der Waals surface area contributed by atoms with Crippen LogP contribution in [0.4, 0.5) is 4.39 Å². The van der Waals surface area contributed by atoms with Gasteiger partial charge in [0.25, 0.3) is 0 Å². The van der Waals surface area contributed by atoms with Crippen LogP contribution in [0.3, 0.4) is 0 Å². The van der Waals surface area contributed by atoms with E-state index in [2.05, 4.69) is 13.8 Å². The summed E-state index contributed by atoms with van der Waals surface area (Å²) in [7, 11) is 0. The molecule has 0 saturated heterocycles. The number of rotatable bonds is 4. The van der Waals surface area contributed by atoms with Gasteiger partial charge in [-0.2, -0.15) is 0 Å². The number of nitrogens with two attached hydrogens (primary N) is 1. The second-order valence-electron chi connectivity index (χ2n) is 3.91. The first-order valence-electron chi connectivity index (χ1n) is 5.14. The molecule has 0 radical (unpaired) electrons. The number of hydrogen-bond donors (Lipinski definition) is 1. The Kier molecular flexibility index (Phi) is 4.08. The van der Waals surface area contributed by atoms with Crippen LogP contribution >= 0.6 is 0 Å². The van der Waals surface area contributed by atoms with Crippen molar-refractivity contribution in [2.75, 3.05) is 0 Å². The molecular weight excluding hydrogens is 177 g/mol. The minimum atomic E-state index is -0.204. The summed E-state index contributed by atoms with van der Waals surface area (Å²) in [5.41, 5.74) is 7.02. The van der Waals surface area contributed by atoms with Crippen LogP contribution in [-0.4, -0.2) is 0 Å². The molecule has 1 aromatic carbocycles. The lowest BCUT2D eigenvalue weighted by atomic mass is 9.95. The Morgan fingerprint density at radius 2 is 1.86 bits per heavy atom. The Morgan fingerprint density at radius 1 is 1.29 bits per heavy atom. The van der Waals surface area contributed by atoms with Crippen LogP contribution in [0.1, 0.15) is 38.3 Å². The summed E-state index contributed by atoms with van der Waals surface area (Å²) in [4.78, 5) is 0. The van der Waals surface area contributed by atoms with Gasteiger partial charge in [0.1, 0.15) is 5.82 Å². The molecule has 0 aliphatic carbocycles. The maximum Gasteiger partial charge on any atom is 0.123 e. The first kappa shape index (κ1) is 11.2. The molecule has 0 fully saturated rings. The van der Waals surface area contributed by atoms with Gasteiger partial charge in [-0.1, -0.05) is 32.4 Å². The van der Waals surface area contributed by atoms with Gasteiger partial charge < -0.3 is 5.73 Å². The van der Waals surface area contributed by atoms with Gasteiger partial charge in [0.2, 0.25) is 0 Å². The Balaban J connectivity index is 2.60. The molecule has 2 unspecified atom stereocenters. The van der Waals surface area contributed by atoms with Gasteiger partial charge in [-0.3, -0.25) is 0 Å². The zero-order valence-corrected chi connectivity index (χ0v) is 8.83. The van der Waals surface area contributed by atoms with Gasteiger partial charge in [-0.05, 0) is 30.0 Å². The predicted molar refractivity (Wildman–Crippen MR) is 57.4 cm³/mol. The fourth-order valence-electron chi connectivity index (χ4n) is 1.45. The molecular formula is C12H18FN. The van der Waals surface area contributed by atoms with Gasteiger partial charge in [0.15, 0.2) is 0 Å². The Bertz CT molecular complexity index is 268. The summed E-state index contributed by atoms with van der Waals surface area (Å²) >= 11 is 0. The third-order valence-corrected chi connectivity index (χ3v) is 2.65. The van der Waals surface area contributed by atoms with Gasteiger partial charge in [-0.25, -0.2) is 4.39 Å². The van der Waals surface area contributed by atoms with Crippen molar-refractivity contribution in [2.45, 2.75) is 32.7 Å². The maximum atomic E-state index is 12.6. The number of hydrogen-bond acceptors (Lipinski definition) is 1. The SMILES string of the molecule is CCC(C)CC(N)c1ccc(F)cc1. The molecule has 0 aliphatic rings. The van der Waals surface area contributed by atoms with Gasteiger partial charge in [0, 0.05) is 6.04 Å². The molecule has 2 N–H and O–H groups in total. The third kappa shape index (κ3) is 3.11. The van der Waals surface area contributed by atoms with E-state index in [4.69, 9.17) is 5.73 Å². The quantitative estimate of drug-likeness (QED) is 0.784. The second-order valence-corrected chi connectivity index (χ2v) is 3.91. The largest absolute Gasteiger partial charge is 0.324 e. The molecule has 0 aromatic heterocycles. The summed E-state index contributed by atoms with van der Waals surface area (Å²) in [6, 6.07) is 6.49. The molecule has 1 rings (SSSR count). The van der Waals surface area contributed by atoms with Crippen LogP contribution in [0.25, 0.3) is 0 Å². The molecule has 0 aliphatic heterocycles. The smallest absolute Gasteiger partial charge is 0.123 e. The molecule has 1 nitrogen and oxygen atoms in total. The van der Waals surface area contributed by atoms with Crippen LogP contribution in [-0.2, 0) is 0 Å². The zero-order valence-electron chi connectivity index (χ0n) is 8.83. The molecule has 0 amide bonds. The molecule has 1 aromatic rings. The number of benzene rings is 1. The van der Waals surface area contributed by atoms with E-state index in [1.807, 2.05) is 0 Å². The lowest BCUT2D eigenvalue weighted by molar-refractivity contribution is 0.461. The summed E-state index contributed by atoms with van der Waals surface area (Å²) in [5, 5.41) is 0. The molecule has 0 heterocycles. The first-order chi connectivity index (χ1) is 6.63. The predicted octanol–water partition coefficient (Wildman–Crippen LogP) is 3.26. The molecule has 2 atom stereocenters. The van der Waals surface area contributed by atoms with Crippen molar-refractivity contribution in [1.29, 1.82) is 0 Å². The Hall–Kier alpha value is -0.890. The summed E-state index contributed by atoms with van der Waals surface area (Å²) in [6.07, 6.45) is 2.09. The van der Waals surface area contributed by atoms with Crippen molar-refractivity contribution >= 4 is 0 Å². The first-order valence-corrected chi connectivity index (χ1v) is 5.14. The Morgan fingerprint density at radius 3 is 2.36 bits per heavy atom. The monoisotopic (exact) mass is 195 g/mol. The van der Waals surface area contributed by atoms with Crippen LogP contribution in [0.2, 0.25) is 0 Å². The summed E-state index contributed by atoms with van der Waals surface area (Å²) in [5.74, 6) is 0.416. The van der Waals surface area contributed by atoms with E-state index in [9.17, 15) is 4.39 Å². The molecule has 14 heavy (non-hydrogen) atoms. The van der Waals surface area contributed by atoms with Gasteiger partial charge >= 0.3 is 0 Å². The van der Waals surface area contributed by atoms with Crippen molar-refractivity contribution < 1.29 is 4.39 Å². The van der Waals surface area contributed by atoms with Crippen molar-refractivity contribution in [1.82, 2.24) is 0 Å². The van der Waals surface area contributed by atoms with E-state index in [0.717, 1.165) is 18.4 Å². The van der Waals surface area contributed by atoms with E-state index in [-0.39, 0.29) is 11.9 Å². The van der Waals surface area contributed by atoms with Crippen LogP contribution in [0.5, 0.6) is 0 Å². The van der Waals surface area contributed by atoms with Crippen LogP contribution in [0, 0.1) is 11.7 Å². The highest BCUT2D eigenvalue weighted by Crippen LogP contribution is 2.20. The molecule has 78 valence electrons. The summed E-state index contributed by atoms with van der Waals surface area (Å²) < 4.78 is 12.6. The highest BCUT2D eigenvalue weighted by atomic mass is 19.1. The molecule has 0 spiro atoms.